The molecule has 0 aromatic heterocycles. The van der Waals surface area contributed by atoms with Gasteiger partial charge in [0.2, 0.25) is 11.8 Å². The van der Waals surface area contributed by atoms with E-state index in [2.05, 4.69) is 0 Å². The van der Waals surface area contributed by atoms with E-state index in [1.807, 2.05) is 59.0 Å². The third kappa shape index (κ3) is 4.29. The molecule has 2 aliphatic carbocycles. The van der Waals surface area contributed by atoms with Crippen LogP contribution in [0.5, 0.6) is 11.5 Å². The molecule has 6 atom stereocenters. The minimum absolute atomic E-state index is 0.0958. The number of aromatic hydroxyl groups is 1. The average molecular weight is 775 g/mol. The van der Waals surface area contributed by atoms with E-state index in [0.717, 1.165) is 22.6 Å². The quantitative estimate of drug-likeness (QED) is 0.150. The first kappa shape index (κ1) is 31.1. The van der Waals surface area contributed by atoms with Gasteiger partial charge in [0.15, 0.2) is 21.2 Å². The summed E-state index contributed by atoms with van der Waals surface area (Å²) < 4.78 is 19.7. The highest BCUT2D eigenvalue weighted by Gasteiger charge is 2.76. The molecule has 0 spiro atoms. The van der Waals surface area contributed by atoms with Gasteiger partial charge in [0.1, 0.15) is 5.82 Å². The second-order valence-electron chi connectivity index (χ2n) is 12.1. The number of anilines is 1. The largest absolute Gasteiger partial charge is 0.504 e. The zero-order valence-corrected chi connectivity index (χ0v) is 27.9. The number of carbonyl (C=O) groups is 4. The standard InChI is InChI=1S/C34H26Cl2FIN2O6/c1-46-25-14-18(13-24(38)28(25)41)27-21-11-12-22-26(30(43)39(29(22)42)16-17-5-3-2-4-6-17)23(21)15-33(35)31(44)40(32(45)34(27,33)36)20-9-7-19(37)8-10-20/h2-11,13-14,22-23,26-27,41H,12,15-16H2,1H3. The van der Waals surface area contributed by atoms with Crippen molar-refractivity contribution in [2.45, 2.75) is 35.1 Å². The summed E-state index contributed by atoms with van der Waals surface area (Å²) in [4.78, 5) is 54.7. The number of rotatable bonds is 5. The van der Waals surface area contributed by atoms with Gasteiger partial charge in [-0.3, -0.25) is 24.1 Å². The van der Waals surface area contributed by atoms with Crippen LogP contribution in [-0.2, 0) is 25.7 Å². The Morgan fingerprint density at radius 2 is 1.67 bits per heavy atom. The van der Waals surface area contributed by atoms with E-state index in [9.17, 15) is 28.7 Å². The lowest BCUT2D eigenvalue weighted by Crippen LogP contribution is -2.60. The van der Waals surface area contributed by atoms with Crippen molar-refractivity contribution in [2.75, 3.05) is 12.0 Å². The van der Waals surface area contributed by atoms with Crippen LogP contribution < -0.4 is 9.64 Å². The van der Waals surface area contributed by atoms with Gasteiger partial charge in [-0.25, -0.2) is 9.29 Å². The molecule has 6 unspecified atom stereocenters. The molecular weight excluding hydrogens is 749 g/mol. The molecule has 2 aliphatic heterocycles. The van der Waals surface area contributed by atoms with Crippen LogP contribution in [-0.4, -0.2) is 50.5 Å². The second kappa shape index (κ2) is 11.1. The number of carbonyl (C=O) groups excluding carboxylic acids is 4. The van der Waals surface area contributed by atoms with Gasteiger partial charge in [-0.2, -0.15) is 0 Å². The number of allylic oxidation sites excluding steroid dienone is 2. The first-order valence-corrected chi connectivity index (χ1v) is 16.4. The fraction of sp³-hybridized carbons (Fsp3) is 0.294. The Morgan fingerprint density at radius 1 is 0.978 bits per heavy atom. The van der Waals surface area contributed by atoms with Crippen molar-refractivity contribution in [3.63, 3.8) is 0 Å². The molecule has 2 saturated heterocycles. The summed E-state index contributed by atoms with van der Waals surface area (Å²) in [5.41, 5.74) is 1.94. The van der Waals surface area contributed by atoms with Gasteiger partial charge in [-0.15, -0.1) is 23.2 Å². The summed E-state index contributed by atoms with van der Waals surface area (Å²) in [6.45, 7) is 0.103. The summed E-state index contributed by atoms with van der Waals surface area (Å²) in [5.74, 6) is -6.12. The lowest BCUT2D eigenvalue weighted by Gasteiger charge is -2.50. The van der Waals surface area contributed by atoms with E-state index in [0.29, 0.717) is 14.7 Å². The minimum Gasteiger partial charge on any atom is -0.504 e. The molecule has 236 valence electrons. The Kier molecular flexibility index (Phi) is 7.48. The molecule has 3 aromatic rings. The molecule has 46 heavy (non-hydrogen) atoms. The maximum Gasteiger partial charge on any atom is 0.258 e. The molecule has 1 saturated carbocycles. The van der Waals surface area contributed by atoms with E-state index in [-0.39, 0.29) is 48.4 Å². The van der Waals surface area contributed by atoms with Crippen LogP contribution in [0.3, 0.4) is 0 Å². The number of fused-ring (bicyclic) bond motifs is 4. The fourth-order valence-electron chi connectivity index (χ4n) is 7.68. The molecule has 4 aliphatic rings. The van der Waals surface area contributed by atoms with E-state index >= 15 is 0 Å². The summed E-state index contributed by atoms with van der Waals surface area (Å²) in [6, 6.07) is 17.2. The van der Waals surface area contributed by atoms with Crippen molar-refractivity contribution < 1.29 is 33.4 Å². The van der Waals surface area contributed by atoms with Gasteiger partial charge in [0.05, 0.1) is 34.7 Å². The molecule has 0 radical (unpaired) electrons. The highest BCUT2D eigenvalue weighted by Crippen LogP contribution is 2.66. The van der Waals surface area contributed by atoms with Crippen LogP contribution in [0.25, 0.3) is 0 Å². The van der Waals surface area contributed by atoms with Crippen molar-refractivity contribution >= 4 is 75.1 Å². The summed E-state index contributed by atoms with van der Waals surface area (Å²) in [5, 5.41) is 10.6. The number of imide groups is 2. The normalized spacial score (nSPS) is 30.2. The number of hydrogen-bond donors (Lipinski definition) is 1. The second-order valence-corrected chi connectivity index (χ2v) is 14.5. The third-order valence-corrected chi connectivity index (χ3v) is 12.0. The van der Waals surface area contributed by atoms with Crippen molar-refractivity contribution in [3.05, 3.63) is 98.9 Å². The summed E-state index contributed by atoms with van der Waals surface area (Å²) in [6.07, 6.45) is 1.88. The maximum absolute atomic E-state index is 14.5. The molecule has 4 amide bonds. The van der Waals surface area contributed by atoms with Crippen molar-refractivity contribution in [2.24, 2.45) is 17.8 Å². The molecule has 3 aromatic carbocycles. The number of halogens is 4. The van der Waals surface area contributed by atoms with Crippen molar-refractivity contribution in [3.8, 4) is 11.5 Å². The zero-order chi connectivity index (χ0) is 32.7. The number of phenols is 1. The molecular formula is C34H26Cl2FIN2O6. The van der Waals surface area contributed by atoms with Crippen LogP contribution >= 0.6 is 45.8 Å². The predicted octanol–water partition coefficient (Wildman–Crippen LogP) is 5.91. The number of benzene rings is 3. The Bertz CT molecular complexity index is 1860. The molecule has 12 heteroatoms. The predicted molar refractivity (Wildman–Crippen MR) is 176 cm³/mol. The van der Waals surface area contributed by atoms with Gasteiger partial charge in [0.25, 0.3) is 11.8 Å². The van der Waals surface area contributed by atoms with E-state index < -0.39 is 51.1 Å². The summed E-state index contributed by atoms with van der Waals surface area (Å²) >= 11 is 16.7. The Morgan fingerprint density at radius 3 is 2.35 bits per heavy atom. The maximum atomic E-state index is 14.5. The van der Waals surface area contributed by atoms with Gasteiger partial charge in [-0.05, 0) is 88.9 Å². The van der Waals surface area contributed by atoms with Crippen molar-refractivity contribution in [1.82, 2.24) is 4.90 Å². The average Bonchev–Trinajstić information content (AvgIpc) is 3.37. The van der Waals surface area contributed by atoms with E-state index in [1.165, 1.54) is 24.1 Å². The molecule has 3 fully saturated rings. The topological polar surface area (TPSA) is 104 Å². The lowest BCUT2D eigenvalue weighted by molar-refractivity contribution is -0.141. The van der Waals surface area contributed by atoms with Crippen LogP contribution in [0.15, 0.2) is 78.4 Å². The van der Waals surface area contributed by atoms with Crippen LogP contribution in [0.1, 0.15) is 29.9 Å². The molecule has 8 nitrogen and oxygen atoms in total. The third-order valence-electron chi connectivity index (χ3n) is 9.77. The van der Waals surface area contributed by atoms with Crippen molar-refractivity contribution in [1.29, 1.82) is 0 Å². The van der Waals surface area contributed by atoms with E-state index in [4.69, 9.17) is 27.9 Å². The number of alkyl halides is 2. The lowest BCUT2D eigenvalue weighted by atomic mass is 9.56. The number of nitrogens with zero attached hydrogens (tertiary/aromatic N) is 2. The minimum atomic E-state index is -2.09. The zero-order valence-electron chi connectivity index (χ0n) is 24.3. The fourth-order valence-corrected chi connectivity index (χ4v) is 9.24. The number of amides is 4. The van der Waals surface area contributed by atoms with Crippen LogP contribution in [0.4, 0.5) is 10.1 Å². The highest BCUT2D eigenvalue weighted by molar-refractivity contribution is 14.1. The Balaban J connectivity index is 1.39. The molecule has 7 rings (SSSR count). The highest BCUT2D eigenvalue weighted by atomic mass is 127. The molecule has 2 heterocycles. The first-order valence-electron chi connectivity index (χ1n) is 14.6. The number of methoxy groups -OCH3 is 1. The first-order chi connectivity index (χ1) is 21.9. The smallest absolute Gasteiger partial charge is 0.258 e. The summed E-state index contributed by atoms with van der Waals surface area (Å²) in [7, 11) is 1.38. The van der Waals surface area contributed by atoms with E-state index in [1.54, 1.807) is 12.1 Å². The van der Waals surface area contributed by atoms with Gasteiger partial charge >= 0.3 is 0 Å². The number of hydrogen-bond acceptors (Lipinski definition) is 6. The monoisotopic (exact) mass is 774 g/mol. The number of likely N-dealkylation sites (tertiary alicyclic amines) is 1. The van der Waals surface area contributed by atoms with Gasteiger partial charge in [-0.1, -0.05) is 42.0 Å². The Hall–Kier alpha value is -3.48. The van der Waals surface area contributed by atoms with Crippen LogP contribution in [0.2, 0.25) is 0 Å². The molecule has 1 N–H and O–H groups in total. The van der Waals surface area contributed by atoms with Gasteiger partial charge < -0.3 is 9.84 Å². The van der Waals surface area contributed by atoms with Crippen LogP contribution in [0, 0.1) is 27.1 Å². The molecule has 0 bridgehead atoms. The van der Waals surface area contributed by atoms with Gasteiger partial charge in [0, 0.05) is 5.92 Å². The SMILES string of the molecule is COc1cc(C2C3=CCC4C(=O)N(Cc5ccccc5)C(=O)C4C3CC3(Cl)C(=O)N(c4ccc(F)cc4)C(=O)C23Cl)cc(I)c1O. The number of ether oxygens (including phenoxy) is 1. The Labute approximate surface area is 287 Å². The number of phenolic OH excluding ortho intramolecular Hbond substituents is 1.